The Labute approximate surface area is 114 Å². The number of ether oxygens (including phenoxy) is 1. The molecule has 0 saturated carbocycles. The molecule has 0 bridgehead atoms. The topological polar surface area (TPSA) is 49.8 Å². The van der Waals surface area contributed by atoms with Crippen molar-refractivity contribution < 1.29 is 14.6 Å². The van der Waals surface area contributed by atoms with Gasteiger partial charge in [-0.15, -0.1) is 0 Å². The minimum Gasteiger partial charge on any atom is -0.427 e. The number of piperidine rings is 1. The van der Waals surface area contributed by atoms with E-state index in [0.29, 0.717) is 5.75 Å². The molecular weight excluding hydrogens is 242 g/mol. The first-order chi connectivity index (χ1) is 9.19. The van der Waals surface area contributed by atoms with Crippen molar-refractivity contribution in [2.45, 2.75) is 38.8 Å². The molecule has 104 valence electrons. The van der Waals surface area contributed by atoms with Crippen molar-refractivity contribution >= 4 is 5.97 Å². The van der Waals surface area contributed by atoms with Gasteiger partial charge in [0.05, 0.1) is 6.61 Å². The van der Waals surface area contributed by atoms with Gasteiger partial charge in [-0.2, -0.15) is 0 Å². The number of carbonyl (C=O) groups is 1. The Morgan fingerprint density at radius 2 is 2.11 bits per heavy atom. The zero-order valence-electron chi connectivity index (χ0n) is 11.3. The van der Waals surface area contributed by atoms with Crippen LogP contribution in [0.2, 0.25) is 0 Å². The van der Waals surface area contributed by atoms with Crippen molar-refractivity contribution in [3.05, 3.63) is 29.8 Å². The molecule has 4 heteroatoms. The third-order valence-corrected chi connectivity index (χ3v) is 3.53. The molecule has 0 amide bonds. The third kappa shape index (κ3) is 4.04. The highest BCUT2D eigenvalue weighted by Gasteiger charge is 2.21. The second-order valence-corrected chi connectivity index (χ2v) is 5.04. The van der Waals surface area contributed by atoms with Crippen molar-refractivity contribution in [2.24, 2.45) is 0 Å². The summed E-state index contributed by atoms with van der Waals surface area (Å²) in [5.41, 5.74) is 1.18. The molecule has 1 fully saturated rings. The largest absolute Gasteiger partial charge is 0.427 e. The Morgan fingerprint density at radius 1 is 1.37 bits per heavy atom. The first kappa shape index (κ1) is 14.0. The maximum absolute atomic E-state index is 10.8. The minimum atomic E-state index is -0.302. The van der Waals surface area contributed by atoms with Crippen LogP contribution in [-0.4, -0.2) is 35.2 Å². The van der Waals surface area contributed by atoms with Gasteiger partial charge in [0, 0.05) is 19.5 Å². The lowest BCUT2D eigenvalue weighted by atomic mass is 10.0. The number of likely N-dealkylation sites (tertiary alicyclic amines) is 1. The number of hydrogen-bond acceptors (Lipinski definition) is 4. The maximum atomic E-state index is 10.8. The van der Waals surface area contributed by atoms with Gasteiger partial charge >= 0.3 is 5.97 Å². The number of carbonyl (C=O) groups excluding carboxylic acids is 1. The molecular formula is C15H21NO3. The Bertz CT molecular complexity index is 416. The van der Waals surface area contributed by atoms with Crippen LogP contribution in [0.25, 0.3) is 0 Å². The molecule has 1 aromatic rings. The van der Waals surface area contributed by atoms with E-state index >= 15 is 0 Å². The first-order valence-corrected chi connectivity index (χ1v) is 6.81. The van der Waals surface area contributed by atoms with E-state index < -0.39 is 0 Å². The predicted molar refractivity (Wildman–Crippen MR) is 72.9 cm³/mol. The van der Waals surface area contributed by atoms with Gasteiger partial charge in [-0.1, -0.05) is 18.6 Å². The molecule has 0 radical (unpaired) electrons. The number of aliphatic hydroxyl groups excluding tert-OH is 1. The van der Waals surface area contributed by atoms with Gasteiger partial charge in [-0.3, -0.25) is 9.69 Å². The Hall–Kier alpha value is -1.39. The lowest BCUT2D eigenvalue weighted by Crippen LogP contribution is -2.41. The summed E-state index contributed by atoms with van der Waals surface area (Å²) in [6.45, 7) is 3.50. The van der Waals surface area contributed by atoms with E-state index in [1.165, 1.54) is 25.3 Å². The summed E-state index contributed by atoms with van der Waals surface area (Å²) in [6, 6.07) is 7.85. The number of nitrogens with zero attached hydrogens (tertiary/aromatic N) is 1. The molecule has 1 atom stereocenters. The molecule has 1 N–H and O–H groups in total. The molecule has 1 aliphatic heterocycles. The lowest BCUT2D eigenvalue weighted by molar-refractivity contribution is -0.131. The smallest absolute Gasteiger partial charge is 0.308 e. The van der Waals surface area contributed by atoms with E-state index in [1.54, 1.807) is 0 Å². The Balaban J connectivity index is 1.96. The fourth-order valence-corrected chi connectivity index (χ4v) is 2.54. The monoisotopic (exact) mass is 263 g/mol. The summed E-state index contributed by atoms with van der Waals surface area (Å²) in [5, 5.41) is 9.38. The Morgan fingerprint density at radius 3 is 2.74 bits per heavy atom. The molecule has 1 aliphatic rings. The Kier molecular flexibility index (Phi) is 4.93. The quantitative estimate of drug-likeness (QED) is 0.666. The third-order valence-electron chi connectivity index (χ3n) is 3.53. The standard InChI is InChI=1S/C15H21NO3/c1-12(18)19-15-7-5-13(6-8-15)10-16-9-3-2-4-14(16)11-17/h5-8,14,17H,2-4,9-11H2,1H3/t14-/m1/s1. The molecule has 0 unspecified atom stereocenters. The molecule has 0 spiro atoms. The van der Waals surface area contributed by atoms with Gasteiger partial charge in [0.1, 0.15) is 5.75 Å². The molecule has 0 aliphatic carbocycles. The van der Waals surface area contributed by atoms with E-state index in [-0.39, 0.29) is 18.6 Å². The van der Waals surface area contributed by atoms with Gasteiger partial charge in [0.25, 0.3) is 0 Å². The van der Waals surface area contributed by atoms with E-state index in [9.17, 15) is 9.90 Å². The SMILES string of the molecule is CC(=O)Oc1ccc(CN2CCCC[C@@H]2CO)cc1. The maximum Gasteiger partial charge on any atom is 0.308 e. The normalized spacial score (nSPS) is 20.2. The van der Waals surface area contributed by atoms with E-state index in [2.05, 4.69) is 4.90 Å². The highest BCUT2D eigenvalue weighted by molar-refractivity contribution is 5.69. The van der Waals surface area contributed by atoms with Gasteiger partial charge < -0.3 is 9.84 Å². The number of esters is 1. The van der Waals surface area contributed by atoms with Crippen LogP contribution in [0.5, 0.6) is 5.75 Å². The van der Waals surface area contributed by atoms with E-state index in [0.717, 1.165) is 19.5 Å². The number of rotatable bonds is 4. The van der Waals surface area contributed by atoms with Crippen molar-refractivity contribution in [3.63, 3.8) is 0 Å². The summed E-state index contributed by atoms with van der Waals surface area (Å²) in [5.74, 6) is 0.276. The second-order valence-electron chi connectivity index (χ2n) is 5.04. The van der Waals surface area contributed by atoms with Crippen LogP contribution in [-0.2, 0) is 11.3 Å². The summed E-state index contributed by atoms with van der Waals surface area (Å²) >= 11 is 0. The molecule has 4 nitrogen and oxygen atoms in total. The number of aliphatic hydroxyl groups is 1. The molecule has 1 aromatic carbocycles. The second kappa shape index (κ2) is 6.68. The van der Waals surface area contributed by atoms with Crippen molar-refractivity contribution in [1.29, 1.82) is 0 Å². The van der Waals surface area contributed by atoms with Crippen LogP contribution >= 0.6 is 0 Å². The highest BCUT2D eigenvalue weighted by atomic mass is 16.5. The summed E-state index contributed by atoms with van der Waals surface area (Å²) in [7, 11) is 0. The molecule has 1 heterocycles. The van der Waals surface area contributed by atoms with Crippen LogP contribution in [0.1, 0.15) is 31.7 Å². The van der Waals surface area contributed by atoms with Gasteiger partial charge in [-0.25, -0.2) is 0 Å². The number of hydrogen-bond donors (Lipinski definition) is 1. The fourth-order valence-electron chi connectivity index (χ4n) is 2.54. The zero-order valence-corrected chi connectivity index (χ0v) is 11.3. The van der Waals surface area contributed by atoms with Gasteiger partial charge in [0.2, 0.25) is 0 Å². The van der Waals surface area contributed by atoms with Crippen LogP contribution in [0, 0.1) is 0 Å². The predicted octanol–water partition coefficient (Wildman–Crippen LogP) is 1.96. The fraction of sp³-hybridized carbons (Fsp3) is 0.533. The highest BCUT2D eigenvalue weighted by Crippen LogP contribution is 2.20. The van der Waals surface area contributed by atoms with Crippen LogP contribution < -0.4 is 4.74 Å². The minimum absolute atomic E-state index is 0.228. The van der Waals surface area contributed by atoms with Gasteiger partial charge in [-0.05, 0) is 37.1 Å². The van der Waals surface area contributed by atoms with Crippen molar-refractivity contribution in [3.8, 4) is 5.75 Å². The lowest BCUT2D eigenvalue weighted by Gasteiger charge is -2.34. The summed E-state index contributed by atoms with van der Waals surface area (Å²) < 4.78 is 5.01. The summed E-state index contributed by atoms with van der Waals surface area (Å²) in [6.07, 6.45) is 3.47. The van der Waals surface area contributed by atoms with Crippen molar-refractivity contribution in [2.75, 3.05) is 13.2 Å². The van der Waals surface area contributed by atoms with E-state index in [1.807, 2.05) is 24.3 Å². The average Bonchev–Trinajstić information content (AvgIpc) is 2.41. The van der Waals surface area contributed by atoms with Crippen LogP contribution in [0.15, 0.2) is 24.3 Å². The van der Waals surface area contributed by atoms with Crippen molar-refractivity contribution in [1.82, 2.24) is 4.90 Å². The molecule has 2 rings (SSSR count). The molecule has 0 aromatic heterocycles. The molecule has 19 heavy (non-hydrogen) atoms. The van der Waals surface area contributed by atoms with E-state index in [4.69, 9.17) is 4.74 Å². The zero-order chi connectivity index (χ0) is 13.7. The first-order valence-electron chi connectivity index (χ1n) is 6.81. The summed E-state index contributed by atoms with van der Waals surface area (Å²) in [4.78, 5) is 13.2. The van der Waals surface area contributed by atoms with Crippen LogP contribution in [0.4, 0.5) is 0 Å². The average molecular weight is 263 g/mol. The molecule has 1 saturated heterocycles. The number of benzene rings is 1. The van der Waals surface area contributed by atoms with Crippen LogP contribution in [0.3, 0.4) is 0 Å². The van der Waals surface area contributed by atoms with Gasteiger partial charge in [0.15, 0.2) is 0 Å².